The summed E-state index contributed by atoms with van der Waals surface area (Å²) < 4.78 is 0. The number of fused-ring (bicyclic) bond motifs is 4. The molecule has 8 amide bonds. The van der Waals surface area contributed by atoms with Gasteiger partial charge in [0.05, 0.1) is 6.04 Å². The molecule has 9 rings (SSSR count). The van der Waals surface area contributed by atoms with Gasteiger partial charge >= 0.3 is 5.97 Å². The summed E-state index contributed by atoms with van der Waals surface area (Å²) in [6.45, 7) is 0.736. The molecule has 0 aliphatic carbocycles. The first-order chi connectivity index (χ1) is 53.0. The van der Waals surface area contributed by atoms with E-state index in [9.17, 15) is 24.3 Å². The highest BCUT2D eigenvalue weighted by Gasteiger charge is 2.37. The van der Waals surface area contributed by atoms with Gasteiger partial charge in [0.25, 0.3) is 0 Å². The molecule has 0 aliphatic rings. The molecule has 0 saturated carbocycles. The Morgan fingerprint density at radius 3 is 0.927 bits per heavy atom. The molecule has 0 aliphatic heterocycles. The van der Waals surface area contributed by atoms with E-state index in [1.807, 2.05) is 84.9 Å². The second-order valence-electron chi connectivity index (χ2n) is 27.1. The van der Waals surface area contributed by atoms with Crippen LogP contribution in [0.25, 0.3) is 43.6 Å². The van der Waals surface area contributed by atoms with Crippen molar-refractivity contribution in [3.05, 3.63) is 180 Å². The van der Waals surface area contributed by atoms with Crippen LogP contribution in [0.5, 0.6) is 0 Å². The highest BCUT2D eigenvalue weighted by atomic mass is 16.4. The van der Waals surface area contributed by atoms with Crippen LogP contribution in [-0.2, 0) is 75.3 Å². The number of nitrogens with two attached hydrogens (primary N) is 5. The number of amides is 8. The van der Waals surface area contributed by atoms with Gasteiger partial charge in [-0.1, -0.05) is 110 Å². The number of unbranched alkanes of at least 4 members (excludes halogenated alkanes) is 1. The zero-order chi connectivity index (χ0) is 78.6. The number of carboxylic acids is 1. The molecule has 9 aromatic rings. The molecule has 0 bridgehead atoms. The van der Waals surface area contributed by atoms with Gasteiger partial charge in [-0.2, -0.15) is 0 Å². The molecule has 582 valence electrons. The normalized spacial score (nSPS) is 13.7. The van der Waals surface area contributed by atoms with Gasteiger partial charge in [0, 0.05) is 120 Å². The summed E-state index contributed by atoms with van der Waals surface area (Å²) in [5.74, 6) is -8.94. The zero-order valence-corrected chi connectivity index (χ0v) is 60.9. The van der Waals surface area contributed by atoms with Gasteiger partial charge in [0.15, 0.2) is 17.9 Å². The molecule has 0 spiro atoms. The molecule has 110 heavy (non-hydrogen) atoms. The third-order valence-corrected chi connectivity index (χ3v) is 19.0. The molecular formula is C77H99N23O10. The minimum absolute atomic E-state index is 0.0131. The van der Waals surface area contributed by atoms with Crippen molar-refractivity contribution in [3.63, 3.8) is 0 Å². The van der Waals surface area contributed by atoms with Crippen LogP contribution in [0, 0.1) is 16.2 Å². The van der Waals surface area contributed by atoms with Crippen molar-refractivity contribution in [2.24, 2.45) is 28.7 Å². The highest BCUT2D eigenvalue weighted by molar-refractivity contribution is 6.00. The summed E-state index contributed by atoms with van der Waals surface area (Å²) in [6, 6.07) is 25.1. The van der Waals surface area contributed by atoms with E-state index in [-0.39, 0.29) is 115 Å². The number of guanidine groups is 3. The zero-order valence-electron chi connectivity index (χ0n) is 60.9. The Bertz CT molecular complexity index is 4690. The lowest BCUT2D eigenvalue weighted by Gasteiger charge is -2.28. The molecule has 0 fully saturated rings. The number of hydrogen-bond acceptors (Lipinski definition) is 14. The fraction of sp³-hybridized carbons (Fsp3) is 0.351. The summed E-state index contributed by atoms with van der Waals surface area (Å²) in [4.78, 5) is 146. The van der Waals surface area contributed by atoms with Crippen LogP contribution >= 0.6 is 0 Å². The van der Waals surface area contributed by atoms with E-state index in [1.54, 1.807) is 67.3 Å². The number of aliphatic carboxylic acids is 1. The van der Waals surface area contributed by atoms with Crippen molar-refractivity contribution < 1.29 is 48.3 Å². The van der Waals surface area contributed by atoms with Crippen LogP contribution in [0.4, 0.5) is 0 Å². The Morgan fingerprint density at radius 2 is 0.609 bits per heavy atom. The number of rotatable bonds is 43. The number of aromatic amines is 4. The standard InChI is InChI=1S/C77H99N23O10/c78-31-13-12-23-53(79)66(101)93-58(28-14-32-86-75(80)81)67(102)97-63(37-46-41-90-55-25-9-5-20-50(46)55)71(106)99-65(39-48-43-92-57-27-11-7-22-52(48)57)73(108)100-64(38-47-42-91-56-26-10-6-21-51(47)56)72(107)98-62(36-45-40-89-54-24-8-4-19-49(45)54)70(105)94-59(29-15-33-87-76(82)83)68(103)96-61(35-44-17-2-1-3-18-44)69(104)95-60(74(109)110)30-16-34-88-77(84)85/h1-11,17-22,24-27,40-43,53,58-65,89-92H,12-16,23,28-39,78-79H2,(H,93,101)(H,94,105)(H,95,104)(H,96,103)(H,97,102)(H,98,107)(H,99,106)(H,100,108)(H,109,110)(H4,80,81,86)(H4,82,83,87)(H4,84,85,88)/t53-,58-,59-,60-,61-,62-,63-,64-,65-/m0/s1. The number of aromatic nitrogens is 4. The van der Waals surface area contributed by atoms with E-state index in [4.69, 9.17) is 44.9 Å². The number of carboxylic acid groups (broad SMARTS) is 1. The van der Waals surface area contributed by atoms with Crippen molar-refractivity contribution in [2.75, 3.05) is 26.2 Å². The number of H-pyrrole nitrogens is 4. The maximum absolute atomic E-state index is 15.9. The van der Waals surface area contributed by atoms with E-state index < -0.39 is 108 Å². The smallest absolute Gasteiger partial charge is 0.326 e. The van der Waals surface area contributed by atoms with Gasteiger partial charge in [-0.05, 0) is 110 Å². The fourth-order valence-corrected chi connectivity index (χ4v) is 13.2. The van der Waals surface area contributed by atoms with Crippen LogP contribution in [0.15, 0.2) is 152 Å². The molecule has 29 N–H and O–H groups in total. The monoisotopic (exact) mass is 1510 g/mol. The van der Waals surface area contributed by atoms with Gasteiger partial charge in [-0.15, -0.1) is 0 Å². The summed E-state index contributed by atoms with van der Waals surface area (Å²) in [6.07, 6.45) is 7.65. The van der Waals surface area contributed by atoms with E-state index in [2.05, 4.69) is 78.4 Å². The summed E-state index contributed by atoms with van der Waals surface area (Å²) >= 11 is 0. The topological polar surface area (TPSA) is 571 Å². The lowest BCUT2D eigenvalue weighted by atomic mass is 9.99. The van der Waals surface area contributed by atoms with Crippen LogP contribution in [-0.4, -0.2) is 177 Å². The average Bonchev–Trinajstić information content (AvgIpc) is 1.64. The Labute approximate surface area is 634 Å². The van der Waals surface area contributed by atoms with Gasteiger partial charge in [-0.3, -0.25) is 54.6 Å². The van der Waals surface area contributed by atoms with E-state index in [0.717, 1.165) is 10.9 Å². The number of benzene rings is 5. The van der Waals surface area contributed by atoms with Gasteiger partial charge in [0.1, 0.15) is 48.3 Å². The number of hydrogen-bond donors (Lipinski definition) is 24. The molecule has 9 atom stereocenters. The average molecular weight is 1510 g/mol. The number of carbonyl (C=O) groups excluding carboxylic acids is 8. The minimum atomic E-state index is -1.55. The van der Waals surface area contributed by atoms with E-state index in [1.165, 1.54) is 0 Å². The Balaban J connectivity index is 1.06. The number of nitrogens with one attached hydrogen (secondary N) is 18. The predicted octanol–water partition coefficient (Wildman–Crippen LogP) is 1.33. The predicted molar refractivity (Wildman–Crippen MR) is 420 cm³/mol. The van der Waals surface area contributed by atoms with Crippen molar-refractivity contribution in [3.8, 4) is 0 Å². The van der Waals surface area contributed by atoms with Gasteiger partial charge in [0.2, 0.25) is 47.3 Å². The lowest BCUT2D eigenvalue weighted by Crippen LogP contribution is -2.61. The third-order valence-electron chi connectivity index (χ3n) is 19.0. The molecule has 4 heterocycles. The summed E-state index contributed by atoms with van der Waals surface area (Å²) in [5, 5.41) is 66.7. The quantitative estimate of drug-likeness (QED) is 0.0146. The molecule has 0 saturated heterocycles. The Morgan fingerprint density at radius 1 is 0.336 bits per heavy atom. The second kappa shape index (κ2) is 40.3. The molecule has 5 aromatic carbocycles. The van der Waals surface area contributed by atoms with Crippen molar-refractivity contribution in [2.45, 2.75) is 144 Å². The minimum Gasteiger partial charge on any atom is -0.480 e. The summed E-state index contributed by atoms with van der Waals surface area (Å²) in [7, 11) is 0. The molecular weight excluding hydrogens is 1410 g/mol. The van der Waals surface area contributed by atoms with Crippen LogP contribution in [0.1, 0.15) is 85.6 Å². The molecule has 33 nitrogen and oxygen atoms in total. The molecule has 0 radical (unpaired) electrons. The Kier molecular flexibility index (Phi) is 29.7. The van der Waals surface area contributed by atoms with Crippen LogP contribution in [0.3, 0.4) is 0 Å². The molecule has 33 heteroatoms. The van der Waals surface area contributed by atoms with Gasteiger partial charge < -0.3 is 112 Å². The number of para-hydroxylation sites is 4. The third kappa shape index (κ3) is 23.6. The van der Waals surface area contributed by atoms with Gasteiger partial charge in [-0.25, -0.2) is 4.79 Å². The van der Waals surface area contributed by atoms with Crippen LogP contribution < -0.4 is 87.2 Å². The highest BCUT2D eigenvalue weighted by Crippen LogP contribution is 2.25. The molecule has 4 aromatic heterocycles. The van der Waals surface area contributed by atoms with E-state index >= 15 is 24.0 Å². The van der Waals surface area contributed by atoms with Crippen molar-refractivity contribution in [1.29, 1.82) is 16.2 Å². The Hall–Kier alpha value is -12.8. The second-order valence-corrected chi connectivity index (χ2v) is 27.1. The molecule has 0 unspecified atom stereocenters. The SMILES string of the molecule is N=C(N)NCCC[C@H](NC(=O)[C@H](Cc1ccccc1)NC(=O)[C@H](CCCNC(=N)N)NC(=O)[C@H](Cc1c[nH]c2ccccc12)NC(=O)[C@H](Cc1c[nH]c2ccccc12)NC(=O)[C@H](Cc1c[nH]c2ccccc12)NC(=O)[C@H](Cc1c[nH]c2ccccc12)NC(=O)[C@H](CCCNC(=N)N)NC(=O)[C@@H](N)CCCCN)C(=O)O. The maximum Gasteiger partial charge on any atom is 0.326 e. The van der Waals surface area contributed by atoms with Crippen molar-refractivity contribution >= 4 is 115 Å². The first kappa shape index (κ1) is 81.3. The maximum atomic E-state index is 15.9. The first-order valence-corrected chi connectivity index (χ1v) is 36.6. The lowest BCUT2D eigenvalue weighted by molar-refractivity contribution is -0.142. The fourth-order valence-electron chi connectivity index (χ4n) is 13.2. The summed E-state index contributed by atoms with van der Waals surface area (Å²) in [5.41, 5.74) is 34.5. The van der Waals surface area contributed by atoms with Crippen molar-refractivity contribution in [1.82, 2.24) is 78.4 Å². The van der Waals surface area contributed by atoms with E-state index in [0.29, 0.717) is 79.9 Å². The number of carbonyl (C=O) groups is 9. The largest absolute Gasteiger partial charge is 0.480 e. The van der Waals surface area contributed by atoms with Crippen LogP contribution in [0.2, 0.25) is 0 Å². The first-order valence-electron chi connectivity index (χ1n) is 36.6.